The van der Waals surface area contributed by atoms with E-state index in [2.05, 4.69) is 26.6 Å². The van der Waals surface area contributed by atoms with Crippen molar-refractivity contribution in [3.63, 3.8) is 0 Å². The summed E-state index contributed by atoms with van der Waals surface area (Å²) in [5, 5.41) is 4.22. The summed E-state index contributed by atoms with van der Waals surface area (Å²) < 4.78 is 0. The third-order valence-electron chi connectivity index (χ3n) is 2.80. The average Bonchev–Trinajstić information content (AvgIpc) is 3.03. The van der Waals surface area contributed by atoms with E-state index in [9.17, 15) is 4.79 Å². The molecule has 1 aliphatic carbocycles. The van der Waals surface area contributed by atoms with Gasteiger partial charge in [0, 0.05) is 19.1 Å². The number of nitrogens with one attached hydrogen (secondary N) is 1. The SMILES string of the molecule is NNOC(=O)CCN(Cc1ccsc1)C1CC1. The van der Waals surface area contributed by atoms with Crippen LogP contribution in [-0.2, 0) is 16.2 Å². The Bertz CT molecular complexity index is 352. The van der Waals surface area contributed by atoms with Crippen LogP contribution < -0.4 is 11.4 Å². The highest BCUT2D eigenvalue weighted by molar-refractivity contribution is 7.07. The van der Waals surface area contributed by atoms with E-state index in [1.165, 1.54) is 18.4 Å². The lowest BCUT2D eigenvalue weighted by atomic mass is 10.3. The highest BCUT2D eigenvalue weighted by Gasteiger charge is 2.29. The molecule has 17 heavy (non-hydrogen) atoms. The zero-order valence-corrected chi connectivity index (χ0v) is 10.4. The third-order valence-corrected chi connectivity index (χ3v) is 3.54. The Morgan fingerprint density at radius 2 is 2.47 bits per heavy atom. The minimum Gasteiger partial charge on any atom is -0.356 e. The van der Waals surface area contributed by atoms with E-state index in [-0.39, 0.29) is 5.97 Å². The van der Waals surface area contributed by atoms with Crippen LogP contribution in [0.15, 0.2) is 16.8 Å². The molecule has 0 unspecified atom stereocenters. The fraction of sp³-hybridized carbons (Fsp3) is 0.545. The van der Waals surface area contributed by atoms with Crippen molar-refractivity contribution in [2.75, 3.05) is 6.54 Å². The van der Waals surface area contributed by atoms with E-state index in [1.807, 2.05) is 5.59 Å². The van der Waals surface area contributed by atoms with Crippen molar-refractivity contribution >= 4 is 17.3 Å². The maximum Gasteiger partial charge on any atom is 0.327 e. The maximum absolute atomic E-state index is 11.2. The van der Waals surface area contributed by atoms with Crippen molar-refractivity contribution in [2.45, 2.75) is 31.8 Å². The lowest BCUT2D eigenvalue weighted by molar-refractivity contribution is -0.151. The summed E-state index contributed by atoms with van der Waals surface area (Å²) >= 11 is 1.70. The maximum atomic E-state index is 11.2. The highest BCUT2D eigenvalue weighted by atomic mass is 32.1. The van der Waals surface area contributed by atoms with E-state index in [4.69, 9.17) is 5.84 Å². The summed E-state index contributed by atoms with van der Waals surface area (Å²) in [6.07, 6.45) is 2.83. The van der Waals surface area contributed by atoms with Gasteiger partial charge in [-0.25, -0.2) is 5.84 Å². The molecule has 0 saturated heterocycles. The number of nitrogens with zero attached hydrogens (tertiary/aromatic N) is 1. The van der Waals surface area contributed by atoms with Gasteiger partial charge >= 0.3 is 5.97 Å². The number of hydrazine groups is 1. The first-order chi connectivity index (χ1) is 8.29. The molecule has 0 aromatic carbocycles. The molecule has 0 radical (unpaired) electrons. The number of carbonyl (C=O) groups is 1. The molecule has 2 rings (SSSR count). The molecule has 0 bridgehead atoms. The molecule has 0 aliphatic heterocycles. The zero-order valence-electron chi connectivity index (χ0n) is 9.59. The summed E-state index contributed by atoms with van der Waals surface area (Å²) in [5.74, 6) is 4.60. The minimum absolute atomic E-state index is 0.316. The first kappa shape index (κ1) is 12.5. The van der Waals surface area contributed by atoms with Gasteiger partial charge in [-0.05, 0) is 35.2 Å². The van der Waals surface area contributed by atoms with Crippen molar-refractivity contribution in [2.24, 2.45) is 5.84 Å². The number of rotatable bonds is 7. The normalized spacial score (nSPS) is 15.2. The highest BCUT2D eigenvalue weighted by Crippen LogP contribution is 2.28. The number of hydrogen-bond donors (Lipinski definition) is 2. The molecule has 1 fully saturated rings. The second kappa shape index (κ2) is 6.11. The molecule has 0 amide bonds. The van der Waals surface area contributed by atoms with Gasteiger partial charge < -0.3 is 4.84 Å². The first-order valence-electron chi connectivity index (χ1n) is 5.70. The fourth-order valence-electron chi connectivity index (χ4n) is 1.80. The van der Waals surface area contributed by atoms with Crippen LogP contribution in [0.2, 0.25) is 0 Å². The van der Waals surface area contributed by atoms with Gasteiger partial charge in [-0.1, -0.05) is 5.59 Å². The van der Waals surface area contributed by atoms with Crippen molar-refractivity contribution in [1.29, 1.82) is 0 Å². The standard InChI is InChI=1S/C11H17N3O2S/c12-13-16-11(15)3-5-14(10-1-2-10)7-9-4-6-17-8-9/h4,6,8,10,13H,1-3,5,7,12H2. The molecule has 1 aromatic rings. The monoisotopic (exact) mass is 255 g/mol. The van der Waals surface area contributed by atoms with Crippen LogP contribution in [-0.4, -0.2) is 23.5 Å². The van der Waals surface area contributed by atoms with Gasteiger partial charge in [-0.2, -0.15) is 11.3 Å². The lowest BCUT2D eigenvalue weighted by Crippen LogP contribution is -2.31. The molecule has 0 atom stereocenters. The molecule has 5 nitrogen and oxygen atoms in total. The molecule has 1 heterocycles. The first-order valence-corrected chi connectivity index (χ1v) is 6.64. The zero-order chi connectivity index (χ0) is 12.1. The van der Waals surface area contributed by atoms with Gasteiger partial charge in [0.05, 0.1) is 6.42 Å². The van der Waals surface area contributed by atoms with Crippen molar-refractivity contribution < 1.29 is 9.63 Å². The summed E-state index contributed by atoms with van der Waals surface area (Å²) in [6, 6.07) is 2.76. The molecule has 6 heteroatoms. The van der Waals surface area contributed by atoms with Gasteiger partial charge in [0.2, 0.25) is 0 Å². The van der Waals surface area contributed by atoms with E-state index < -0.39 is 0 Å². The molecule has 1 aromatic heterocycles. The predicted molar refractivity (Wildman–Crippen MR) is 65.8 cm³/mol. The molecular weight excluding hydrogens is 238 g/mol. The Morgan fingerprint density at radius 1 is 1.65 bits per heavy atom. The number of carbonyl (C=O) groups excluding carboxylic acids is 1. The van der Waals surface area contributed by atoms with Crippen LogP contribution in [0.5, 0.6) is 0 Å². The Kier molecular flexibility index (Phi) is 4.49. The molecule has 1 saturated carbocycles. The van der Waals surface area contributed by atoms with Crippen LogP contribution in [0.3, 0.4) is 0 Å². The topological polar surface area (TPSA) is 67.6 Å². The smallest absolute Gasteiger partial charge is 0.327 e. The average molecular weight is 255 g/mol. The van der Waals surface area contributed by atoms with Crippen LogP contribution in [0.4, 0.5) is 0 Å². The second-order valence-electron chi connectivity index (χ2n) is 4.18. The largest absolute Gasteiger partial charge is 0.356 e. The van der Waals surface area contributed by atoms with E-state index in [1.54, 1.807) is 11.3 Å². The predicted octanol–water partition coefficient (Wildman–Crippen LogP) is 1.02. The minimum atomic E-state index is -0.316. The molecule has 3 N–H and O–H groups in total. The lowest BCUT2D eigenvalue weighted by Gasteiger charge is -2.20. The van der Waals surface area contributed by atoms with Gasteiger partial charge in [0.25, 0.3) is 0 Å². The number of thiophene rings is 1. The van der Waals surface area contributed by atoms with Crippen LogP contribution in [0.1, 0.15) is 24.8 Å². The van der Waals surface area contributed by atoms with E-state index in [0.717, 1.165) is 13.1 Å². The summed E-state index contributed by atoms with van der Waals surface area (Å²) in [4.78, 5) is 18.0. The summed E-state index contributed by atoms with van der Waals surface area (Å²) in [7, 11) is 0. The number of hydrogen-bond acceptors (Lipinski definition) is 6. The van der Waals surface area contributed by atoms with Gasteiger partial charge in [0.15, 0.2) is 0 Å². The second-order valence-corrected chi connectivity index (χ2v) is 4.96. The van der Waals surface area contributed by atoms with E-state index >= 15 is 0 Å². The molecule has 0 spiro atoms. The van der Waals surface area contributed by atoms with E-state index in [0.29, 0.717) is 12.5 Å². The quantitative estimate of drug-likeness (QED) is 0.562. The molecule has 1 aliphatic rings. The fourth-order valence-corrected chi connectivity index (χ4v) is 2.46. The Morgan fingerprint density at radius 3 is 3.06 bits per heavy atom. The van der Waals surface area contributed by atoms with Crippen LogP contribution >= 0.6 is 11.3 Å². The van der Waals surface area contributed by atoms with Crippen LogP contribution in [0.25, 0.3) is 0 Å². The van der Waals surface area contributed by atoms with Gasteiger partial charge in [0.1, 0.15) is 0 Å². The summed E-state index contributed by atoms with van der Waals surface area (Å²) in [5.41, 5.74) is 3.23. The van der Waals surface area contributed by atoms with Gasteiger partial charge in [-0.3, -0.25) is 9.69 Å². The van der Waals surface area contributed by atoms with Crippen LogP contribution in [0, 0.1) is 0 Å². The Labute approximate surface area is 104 Å². The Hall–Kier alpha value is -0.950. The molecule has 94 valence electrons. The van der Waals surface area contributed by atoms with Crippen molar-refractivity contribution in [3.8, 4) is 0 Å². The summed E-state index contributed by atoms with van der Waals surface area (Å²) in [6.45, 7) is 1.64. The molecular formula is C11H17N3O2S. The third kappa shape index (κ3) is 4.08. The van der Waals surface area contributed by atoms with Crippen molar-refractivity contribution in [3.05, 3.63) is 22.4 Å². The number of nitrogens with two attached hydrogens (primary N) is 1. The van der Waals surface area contributed by atoms with Gasteiger partial charge in [-0.15, -0.1) is 0 Å². The Balaban J connectivity index is 1.79. The van der Waals surface area contributed by atoms with Crippen molar-refractivity contribution in [1.82, 2.24) is 10.5 Å².